The SMILES string of the molecule is CC1=C[C@H](C)C[C@@H](C(C)(C)C)C1. The molecule has 0 heteroatoms. The van der Waals surface area contributed by atoms with Crippen molar-refractivity contribution in [1.29, 1.82) is 0 Å². The van der Waals surface area contributed by atoms with Crippen molar-refractivity contribution in [3.8, 4) is 0 Å². The number of rotatable bonds is 0. The van der Waals surface area contributed by atoms with Crippen molar-refractivity contribution < 1.29 is 0 Å². The first-order chi connectivity index (χ1) is 5.39. The van der Waals surface area contributed by atoms with Crippen LogP contribution in [-0.4, -0.2) is 0 Å². The molecule has 0 N–H and O–H groups in total. The van der Waals surface area contributed by atoms with E-state index in [-0.39, 0.29) is 0 Å². The van der Waals surface area contributed by atoms with E-state index in [1.54, 1.807) is 5.57 Å². The van der Waals surface area contributed by atoms with Crippen LogP contribution in [0.15, 0.2) is 11.6 Å². The fraction of sp³-hybridized carbons (Fsp3) is 0.833. The van der Waals surface area contributed by atoms with Crippen LogP contribution in [0.1, 0.15) is 47.5 Å². The van der Waals surface area contributed by atoms with Crippen molar-refractivity contribution >= 4 is 0 Å². The van der Waals surface area contributed by atoms with E-state index in [1.807, 2.05) is 0 Å². The molecule has 70 valence electrons. The molecule has 0 amide bonds. The lowest BCUT2D eigenvalue weighted by Crippen LogP contribution is -2.25. The molecule has 0 nitrogen and oxygen atoms in total. The maximum atomic E-state index is 2.43. The van der Waals surface area contributed by atoms with E-state index in [9.17, 15) is 0 Å². The van der Waals surface area contributed by atoms with E-state index in [0.717, 1.165) is 11.8 Å². The predicted octanol–water partition coefficient (Wildman–Crippen LogP) is 4.02. The molecular formula is C12H22. The molecule has 1 aliphatic carbocycles. The highest BCUT2D eigenvalue weighted by atomic mass is 14.3. The van der Waals surface area contributed by atoms with Gasteiger partial charge in [-0.3, -0.25) is 0 Å². The Labute approximate surface area is 77.1 Å². The molecular weight excluding hydrogens is 144 g/mol. The molecule has 0 aromatic carbocycles. The molecule has 0 spiro atoms. The summed E-state index contributed by atoms with van der Waals surface area (Å²) in [6.07, 6.45) is 5.12. The van der Waals surface area contributed by atoms with Crippen LogP contribution in [0.4, 0.5) is 0 Å². The highest BCUT2D eigenvalue weighted by Gasteiger charge is 2.28. The summed E-state index contributed by atoms with van der Waals surface area (Å²) in [7, 11) is 0. The first-order valence-corrected chi connectivity index (χ1v) is 5.07. The monoisotopic (exact) mass is 166 g/mol. The van der Waals surface area contributed by atoms with Crippen molar-refractivity contribution in [1.82, 2.24) is 0 Å². The van der Waals surface area contributed by atoms with Gasteiger partial charge >= 0.3 is 0 Å². The molecule has 0 saturated heterocycles. The molecule has 0 unspecified atom stereocenters. The van der Waals surface area contributed by atoms with Gasteiger partial charge in [0.1, 0.15) is 0 Å². The third-order valence-corrected chi connectivity index (χ3v) is 3.02. The zero-order valence-corrected chi connectivity index (χ0v) is 9.15. The lowest BCUT2D eigenvalue weighted by Gasteiger charge is -2.35. The van der Waals surface area contributed by atoms with Gasteiger partial charge in [0, 0.05) is 0 Å². The molecule has 2 atom stereocenters. The molecule has 0 fully saturated rings. The van der Waals surface area contributed by atoms with E-state index in [4.69, 9.17) is 0 Å². The van der Waals surface area contributed by atoms with E-state index in [1.165, 1.54) is 12.8 Å². The fourth-order valence-corrected chi connectivity index (χ4v) is 2.20. The van der Waals surface area contributed by atoms with Gasteiger partial charge in [0.25, 0.3) is 0 Å². The molecule has 1 rings (SSSR count). The van der Waals surface area contributed by atoms with Crippen LogP contribution in [0.5, 0.6) is 0 Å². The van der Waals surface area contributed by atoms with Crippen LogP contribution in [-0.2, 0) is 0 Å². The summed E-state index contributed by atoms with van der Waals surface area (Å²) in [4.78, 5) is 0. The Balaban J connectivity index is 2.68. The van der Waals surface area contributed by atoms with Crippen molar-refractivity contribution in [2.24, 2.45) is 17.3 Å². The Kier molecular flexibility index (Phi) is 2.65. The first-order valence-electron chi connectivity index (χ1n) is 5.07. The van der Waals surface area contributed by atoms with E-state index in [2.05, 4.69) is 40.7 Å². The summed E-state index contributed by atoms with van der Waals surface area (Å²) in [6, 6.07) is 0. The van der Waals surface area contributed by atoms with Crippen LogP contribution in [0.3, 0.4) is 0 Å². The van der Waals surface area contributed by atoms with Crippen molar-refractivity contribution in [2.75, 3.05) is 0 Å². The molecule has 0 bridgehead atoms. The van der Waals surface area contributed by atoms with Gasteiger partial charge in [-0.25, -0.2) is 0 Å². The summed E-state index contributed by atoms with van der Waals surface area (Å²) >= 11 is 0. The number of hydrogen-bond acceptors (Lipinski definition) is 0. The summed E-state index contributed by atoms with van der Waals surface area (Å²) in [5, 5.41) is 0. The largest absolute Gasteiger partial charge is 0.0827 e. The topological polar surface area (TPSA) is 0 Å². The predicted molar refractivity (Wildman–Crippen MR) is 55.1 cm³/mol. The van der Waals surface area contributed by atoms with Gasteiger partial charge in [-0.2, -0.15) is 0 Å². The zero-order valence-electron chi connectivity index (χ0n) is 9.15. The Hall–Kier alpha value is -0.260. The Morgan fingerprint density at radius 1 is 1.33 bits per heavy atom. The van der Waals surface area contributed by atoms with Crippen LogP contribution in [0.2, 0.25) is 0 Å². The third-order valence-electron chi connectivity index (χ3n) is 3.02. The van der Waals surface area contributed by atoms with Gasteiger partial charge in [-0.1, -0.05) is 39.3 Å². The molecule has 0 saturated carbocycles. The van der Waals surface area contributed by atoms with Crippen LogP contribution < -0.4 is 0 Å². The van der Waals surface area contributed by atoms with E-state index < -0.39 is 0 Å². The Bertz CT molecular complexity index is 181. The quantitative estimate of drug-likeness (QED) is 0.477. The molecule has 0 heterocycles. The second-order valence-electron chi connectivity index (χ2n) is 5.49. The number of allylic oxidation sites excluding steroid dienone is 2. The molecule has 0 aromatic rings. The van der Waals surface area contributed by atoms with E-state index in [0.29, 0.717) is 5.41 Å². The normalized spacial score (nSPS) is 31.6. The average Bonchev–Trinajstić information content (AvgIpc) is 1.82. The molecule has 0 aromatic heterocycles. The smallest absolute Gasteiger partial charge is 0.0256 e. The van der Waals surface area contributed by atoms with Crippen molar-refractivity contribution in [2.45, 2.75) is 47.5 Å². The lowest BCUT2D eigenvalue weighted by atomic mass is 9.70. The summed E-state index contributed by atoms with van der Waals surface area (Å²) in [5.74, 6) is 1.68. The van der Waals surface area contributed by atoms with Gasteiger partial charge in [0.15, 0.2) is 0 Å². The summed E-state index contributed by atoms with van der Waals surface area (Å²) < 4.78 is 0. The van der Waals surface area contributed by atoms with E-state index >= 15 is 0 Å². The minimum absolute atomic E-state index is 0.490. The molecule has 12 heavy (non-hydrogen) atoms. The molecule has 1 aliphatic rings. The maximum Gasteiger partial charge on any atom is -0.0256 e. The minimum atomic E-state index is 0.490. The van der Waals surface area contributed by atoms with Crippen LogP contribution >= 0.6 is 0 Å². The minimum Gasteiger partial charge on any atom is -0.0827 e. The lowest BCUT2D eigenvalue weighted by molar-refractivity contribution is 0.199. The van der Waals surface area contributed by atoms with Crippen LogP contribution in [0, 0.1) is 17.3 Å². The third kappa shape index (κ3) is 2.36. The maximum absolute atomic E-state index is 2.43. The van der Waals surface area contributed by atoms with Crippen LogP contribution in [0.25, 0.3) is 0 Å². The fourth-order valence-electron chi connectivity index (χ4n) is 2.20. The molecule has 0 radical (unpaired) electrons. The van der Waals surface area contributed by atoms with Crippen molar-refractivity contribution in [3.63, 3.8) is 0 Å². The van der Waals surface area contributed by atoms with Gasteiger partial charge < -0.3 is 0 Å². The van der Waals surface area contributed by atoms with Gasteiger partial charge in [0.05, 0.1) is 0 Å². The summed E-state index contributed by atoms with van der Waals surface area (Å²) in [6.45, 7) is 11.7. The Morgan fingerprint density at radius 2 is 1.92 bits per heavy atom. The Morgan fingerprint density at radius 3 is 2.33 bits per heavy atom. The van der Waals surface area contributed by atoms with Gasteiger partial charge in [0.2, 0.25) is 0 Å². The first kappa shape index (κ1) is 9.83. The second-order valence-corrected chi connectivity index (χ2v) is 5.49. The average molecular weight is 166 g/mol. The highest BCUT2D eigenvalue weighted by Crippen LogP contribution is 2.39. The highest BCUT2D eigenvalue weighted by molar-refractivity contribution is 5.07. The standard InChI is InChI=1S/C12H22/c1-9-6-10(2)8-11(7-9)12(3,4)5/h6,9,11H,7-8H2,1-5H3/t9-,11+/m0/s1. The van der Waals surface area contributed by atoms with Gasteiger partial charge in [-0.05, 0) is 37.0 Å². The second kappa shape index (κ2) is 3.24. The molecule has 0 aliphatic heterocycles. The zero-order chi connectivity index (χ0) is 9.35. The summed E-state index contributed by atoms with van der Waals surface area (Å²) in [5.41, 5.74) is 2.08. The number of hydrogen-bond donors (Lipinski definition) is 0. The van der Waals surface area contributed by atoms with Gasteiger partial charge in [-0.15, -0.1) is 0 Å². The van der Waals surface area contributed by atoms with Crippen molar-refractivity contribution in [3.05, 3.63) is 11.6 Å².